The van der Waals surface area contributed by atoms with E-state index in [-0.39, 0.29) is 11.8 Å². The molecule has 0 aromatic carbocycles. The van der Waals surface area contributed by atoms with Gasteiger partial charge in [0.2, 0.25) is 0 Å². The number of nitrogens with one attached hydrogen (secondary N) is 2. The number of carbonyl (C=O) groups is 2. The van der Waals surface area contributed by atoms with E-state index >= 15 is 0 Å². The number of ether oxygens (including phenoxy) is 1. The van der Waals surface area contributed by atoms with E-state index in [4.69, 9.17) is 0 Å². The van der Waals surface area contributed by atoms with Crippen LogP contribution < -0.4 is 10.0 Å². The predicted octanol–water partition coefficient (Wildman–Crippen LogP) is 2.74. The summed E-state index contributed by atoms with van der Waals surface area (Å²) >= 11 is 1.03. The van der Waals surface area contributed by atoms with Gasteiger partial charge in [-0.1, -0.05) is 39.0 Å². The van der Waals surface area contributed by atoms with Gasteiger partial charge in [-0.2, -0.15) is 0 Å². The van der Waals surface area contributed by atoms with E-state index in [0.717, 1.165) is 24.9 Å². The van der Waals surface area contributed by atoms with Crippen molar-refractivity contribution >= 4 is 23.2 Å². The van der Waals surface area contributed by atoms with Crippen LogP contribution in [0.1, 0.15) is 45.4 Å². The molecule has 0 radical (unpaired) electrons. The number of carbonyl (C=O) groups excluding carboxylic acids is 2. The van der Waals surface area contributed by atoms with Crippen molar-refractivity contribution in [1.29, 1.82) is 0 Å². The van der Waals surface area contributed by atoms with E-state index in [9.17, 15) is 9.59 Å². The lowest BCUT2D eigenvalue weighted by molar-refractivity contribution is -0.134. The van der Waals surface area contributed by atoms with Crippen molar-refractivity contribution in [2.45, 2.75) is 45.4 Å². The average Bonchev–Trinajstić information content (AvgIpc) is 2.78. The molecule has 0 saturated carbocycles. The third kappa shape index (κ3) is 7.89. The standard InChI is InChI=1S/C13H22N2O3S/c1-2-3-4-5-6-7-8-14-19-13(17)15-11-9-12(16)18-10-11/h9,14H,2-8,10H2,1H3,(H,15,17). The molecule has 19 heavy (non-hydrogen) atoms. The maximum Gasteiger partial charge on any atom is 0.333 e. The van der Waals surface area contributed by atoms with Crippen molar-refractivity contribution in [2.75, 3.05) is 13.2 Å². The normalized spacial score (nSPS) is 14.2. The minimum atomic E-state index is -0.402. The van der Waals surface area contributed by atoms with Crippen LogP contribution in [0, 0.1) is 0 Å². The fourth-order valence-electron chi connectivity index (χ4n) is 1.70. The van der Waals surface area contributed by atoms with Gasteiger partial charge >= 0.3 is 5.97 Å². The Morgan fingerprint density at radius 1 is 1.32 bits per heavy atom. The van der Waals surface area contributed by atoms with Crippen LogP contribution >= 0.6 is 11.9 Å². The molecule has 1 aliphatic rings. The lowest BCUT2D eigenvalue weighted by Gasteiger charge is -2.05. The van der Waals surface area contributed by atoms with Crippen molar-refractivity contribution in [1.82, 2.24) is 10.0 Å². The van der Waals surface area contributed by atoms with Crippen molar-refractivity contribution in [2.24, 2.45) is 0 Å². The Labute approximate surface area is 118 Å². The summed E-state index contributed by atoms with van der Waals surface area (Å²) in [5, 5.41) is 2.39. The summed E-state index contributed by atoms with van der Waals surface area (Å²) in [4.78, 5) is 22.2. The number of esters is 1. The molecular formula is C13H22N2O3S. The Morgan fingerprint density at radius 3 is 2.74 bits per heavy atom. The van der Waals surface area contributed by atoms with Gasteiger partial charge in [0.25, 0.3) is 5.24 Å². The molecule has 108 valence electrons. The van der Waals surface area contributed by atoms with E-state index in [1.165, 1.54) is 38.2 Å². The van der Waals surface area contributed by atoms with Crippen LogP contribution in [-0.4, -0.2) is 24.4 Å². The van der Waals surface area contributed by atoms with Crippen molar-refractivity contribution in [3.05, 3.63) is 11.8 Å². The van der Waals surface area contributed by atoms with Crippen LogP contribution in [0.15, 0.2) is 11.8 Å². The quantitative estimate of drug-likeness (QED) is 0.387. The van der Waals surface area contributed by atoms with E-state index < -0.39 is 5.97 Å². The maximum atomic E-state index is 11.5. The molecule has 0 unspecified atom stereocenters. The van der Waals surface area contributed by atoms with Crippen LogP contribution in [0.25, 0.3) is 0 Å². The van der Waals surface area contributed by atoms with Gasteiger partial charge in [-0.25, -0.2) is 4.79 Å². The molecule has 5 nitrogen and oxygen atoms in total. The van der Waals surface area contributed by atoms with Crippen molar-refractivity contribution in [3.63, 3.8) is 0 Å². The molecule has 2 N–H and O–H groups in total. The summed E-state index contributed by atoms with van der Waals surface area (Å²) in [6, 6.07) is 0. The fourth-order valence-corrected chi connectivity index (χ4v) is 2.26. The minimum Gasteiger partial charge on any atom is -0.456 e. The number of amides is 1. The third-order valence-corrected chi connectivity index (χ3v) is 3.36. The van der Waals surface area contributed by atoms with Crippen LogP contribution in [0.4, 0.5) is 4.79 Å². The van der Waals surface area contributed by atoms with Crippen molar-refractivity contribution in [3.8, 4) is 0 Å². The highest BCUT2D eigenvalue weighted by Crippen LogP contribution is 2.07. The summed E-state index contributed by atoms with van der Waals surface area (Å²) in [5.41, 5.74) is 0.517. The molecule has 0 bridgehead atoms. The number of cyclic esters (lactones) is 1. The zero-order valence-corrected chi connectivity index (χ0v) is 12.2. The van der Waals surface area contributed by atoms with E-state index in [1.807, 2.05) is 0 Å². The van der Waals surface area contributed by atoms with Gasteiger partial charge < -0.3 is 10.1 Å². The second-order valence-electron chi connectivity index (χ2n) is 4.45. The Morgan fingerprint density at radius 2 is 2.05 bits per heavy atom. The number of hydrogen-bond donors (Lipinski definition) is 2. The monoisotopic (exact) mass is 286 g/mol. The fraction of sp³-hybridized carbons (Fsp3) is 0.692. The highest BCUT2D eigenvalue weighted by atomic mass is 32.2. The molecule has 0 aliphatic carbocycles. The summed E-state index contributed by atoms with van der Waals surface area (Å²) in [7, 11) is 0. The zero-order valence-electron chi connectivity index (χ0n) is 11.4. The lowest BCUT2D eigenvalue weighted by atomic mass is 10.1. The summed E-state index contributed by atoms with van der Waals surface area (Å²) in [6.07, 6.45) is 8.70. The Bertz CT molecular complexity index is 332. The van der Waals surface area contributed by atoms with Crippen LogP contribution in [0.5, 0.6) is 0 Å². The molecule has 0 atom stereocenters. The van der Waals surface area contributed by atoms with Gasteiger partial charge in [-0.15, -0.1) is 0 Å². The third-order valence-electron chi connectivity index (χ3n) is 2.72. The van der Waals surface area contributed by atoms with Gasteiger partial charge in [0.05, 0.1) is 5.70 Å². The topological polar surface area (TPSA) is 67.4 Å². The molecule has 1 aliphatic heterocycles. The van der Waals surface area contributed by atoms with Crippen LogP contribution in [-0.2, 0) is 9.53 Å². The number of hydrogen-bond acceptors (Lipinski definition) is 5. The molecule has 0 aromatic heterocycles. The van der Waals surface area contributed by atoms with Crippen LogP contribution in [0.3, 0.4) is 0 Å². The van der Waals surface area contributed by atoms with Gasteiger partial charge in [-0.3, -0.25) is 9.52 Å². The Balaban J connectivity index is 1.93. The lowest BCUT2D eigenvalue weighted by Crippen LogP contribution is -2.22. The van der Waals surface area contributed by atoms with Crippen molar-refractivity contribution < 1.29 is 14.3 Å². The van der Waals surface area contributed by atoms with Crippen LogP contribution in [0.2, 0.25) is 0 Å². The zero-order chi connectivity index (χ0) is 13.9. The molecule has 0 saturated heterocycles. The predicted molar refractivity (Wildman–Crippen MR) is 76.5 cm³/mol. The summed E-state index contributed by atoms with van der Waals surface area (Å²) in [6.45, 7) is 3.18. The van der Waals surface area contributed by atoms with Gasteiger partial charge in [0.15, 0.2) is 0 Å². The highest BCUT2D eigenvalue weighted by molar-refractivity contribution is 8.11. The summed E-state index contributed by atoms with van der Waals surface area (Å²) in [5.74, 6) is -0.402. The second-order valence-corrected chi connectivity index (χ2v) is 5.32. The molecule has 0 spiro atoms. The highest BCUT2D eigenvalue weighted by Gasteiger charge is 2.14. The van der Waals surface area contributed by atoms with E-state index in [2.05, 4.69) is 21.7 Å². The second kappa shape index (κ2) is 9.86. The first kappa shape index (κ1) is 16.0. The molecule has 6 heteroatoms. The average molecular weight is 286 g/mol. The summed E-state index contributed by atoms with van der Waals surface area (Å²) < 4.78 is 7.69. The molecule has 1 amide bonds. The SMILES string of the molecule is CCCCCCCCNSC(=O)NC1=CC(=O)OC1. The molecule has 1 rings (SSSR count). The van der Waals surface area contributed by atoms with Gasteiger partial charge in [-0.05, 0) is 6.42 Å². The molecule has 0 fully saturated rings. The Kier molecular flexibility index (Phi) is 8.33. The van der Waals surface area contributed by atoms with Gasteiger partial charge in [0.1, 0.15) is 6.61 Å². The van der Waals surface area contributed by atoms with Gasteiger partial charge in [0, 0.05) is 24.6 Å². The first-order valence-electron chi connectivity index (χ1n) is 6.80. The first-order valence-corrected chi connectivity index (χ1v) is 7.62. The Hall–Kier alpha value is -1.01. The first-order chi connectivity index (χ1) is 9.22. The number of unbranched alkanes of at least 4 members (excludes halogenated alkanes) is 5. The van der Waals surface area contributed by atoms with E-state index in [0.29, 0.717) is 5.70 Å². The largest absolute Gasteiger partial charge is 0.456 e. The number of rotatable bonds is 9. The smallest absolute Gasteiger partial charge is 0.333 e. The van der Waals surface area contributed by atoms with E-state index in [1.54, 1.807) is 0 Å². The maximum absolute atomic E-state index is 11.5. The molecule has 1 heterocycles. The minimum absolute atomic E-state index is 0.155. The molecular weight excluding hydrogens is 264 g/mol. The molecule has 0 aromatic rings.